The third-order valence-corrected chi connectivity index (χ3v) is 5.24. The van der Waals surface area contributed by atoms with Gasteiger partial charge in [0.2, 0.25) is 11.8 Å². The van der Waals surface area contributed by atoms with E-state index in [1.54, 1.807) is 20.8 Å². The molecule has 1 aliphatic heterocycles. The van der Waals surface area contributed by atoms with Crippen LogP contribution < -0.4 is 21.6 Å². The molecule has 0 saturated carbocycles. The van der Waals surface area contributed by atoms with Gasteiger partial charge in [-0.05, 0) is 40.0 Å². The standard InChI is InChI=1S/C22H34FN5O9/c1-11(30)24-8-6-5-7-13(25-21(35)37-22(2,3)4)18(33)26-17-12(23)9-28(20(34)27-17)19-16(32)15(31)14(10-29)36-19/h9,13-16,19,29,31-32H,5-8,10H2,1-4H3,(H,24,30)(H,25,35)(H,26,27,33,34). The summed E-state index contributed by atoms with van der Waals surface area (Å²) in [5, 5.41) is 36.3. The Morgan fingerprint density at radius 1 is 1.24 bits per heavy atom. The molecule has 208 valence electrons. The minimum atomic E-state index is -1.64. The lowest BCUT2D eigenvalue weighted by molar-refractivity contribution is -0.119. The molecule has 0 radical (unpaired) electrons. The van der Waals surface area contributed by atoms with Gasteiger partial charge in [-0.3, -0.25) is 14.2 Å². The maximum atomic E-state index is 14.8. The average molecular weight is 532 g/mol. The van der Waals surface area contributed by atoms with E-state index in [2.05, 4.69) is 20.9 Å². The number of aliphatic hydroxyl groups excluding tert-OH is 3. The lowest BCUT2D eigenvalue weighted by Gasteiger charge is -2.23. The summed E-state index contributed by atoms with van der Waals surface area (Å²) in [6.45, 7) is 5.97. The van der Waals surface area contributed by atoms with Crippen LogP contribution in [-0.2, 0) is 19.1 Å². The van der Waals surface area contributed by atoms with Crippen molar-refractivity contribution in [2.75, 3.05) is 18.5 Å². The molecule has 1 aromatic rings. The summed E-state index contributed by atoms with van der Waals surface area (Å²) in [6, 6.07) is -1.18. The van der Waals surface area contributed by atoms with E-state index in [1.165, 1.54) is 6.92 Å². The van der Waals surface area contributed by atoms with Gasteiger partial charge >= 0.3 is 11.8 Å². The number of hydrogen-bond acceptors (Lipinski definition) is 10. The minimum Gasteiger partial charge on any atom is -0.444 e. The van der Waals surface area contributed by atoms with Crippen molar-refractivity contribution in [3.8, 4) is 0 Å². The molecule has 2 rings (SSSR count). The van der Waals surface area contributed by atoms with Gasteiger partial charge in [-0.25, -0.2) is 14.0 Å². The smallest absolute Gasteiger partial charge is 0.408 e. The second kappa shape index (κ2) is 12.9. The summed E-state index contributed by atoms with van der Waals surface area (Å²) in [5.41, 5.74) is -1.96. The lowest BCUT2D eigenvalue weighted by Crippen LogP contribution is -2.46. The molecule has 0 spiro atoms. The summed E-state index contributed by atoms with van der Waals surface area (Å²) in [5.74, 6) is -2.98. The van der Waals surface area contributed by atoms with E-state index in [1.807, 2.05) is 0 Å². The topological polar surface area (TPSA) is 201 Å². The van der Waals surface area contributed by atoms with Crippen molar-refractivity contribution >= 4 is 23.7 Å². The number of hydrogen-bond donors (Lipinski definition) is 6. The Morgan fingerprint density at radius 2 is 1.92 bits per heavy atom. The Bertz CT molecular complexity index is 1030. The maximum Gasteiger partial charge on any atom is 0.408 e. The van der Waals surface area contributed by atoms with E-state index in [0.717, 1.165) is 0 Å². The molecule has 0 aromatic carbocycles. The van der Waals surface area contributed by atoms with Gasteiger partial charge in [-0.2, -0.15) is 4.98 Å². The van der Waals surface area contributed by atoms with Crippen molar-refractivity contribution in [2.24, 2.45) is 0 Å². The van der Waals surface area contributed by atoms with Crippen molar-refractivity contribution in [1.29, 1.82) is 0 Å². The van der Waals surface area contributed by atoms with Gasteiger partial charge in [0, 0.05) is 13.5 Å². The summed E-state index contributed by atoms with van der Waals surface area (Å²) in [4.78, 5) is 52.1. The van der Waals surface area contributed by atoms with Crippen LogP contribution in [0.4, 0.5) is 15.0 Å². The first-order valence-corrected chi connectivity index (χ1v) is 11.7. The number of carbonyl (C=O) groups is 3. The highest BCUT2D eigenvalue weighted by molar-refractivity contribution is 5.95. The minimum absolute atomic E-state index is 0.103. The number of rotatable bonds is 10. The molecule has 0 bridgehead atoms. The van der Waals surface area contributed by atoms with Crippen LogP contribution >= 0.6 is 0 Å². The van der Waals surface area contributed by atoms with E-state index >= 15 is 0 Å². The van der Waals surface area contributed by atoms with Crippen LogP contribution in [0, 0.1) is 5.82 Å². The van der Waals surface area contributed by atoms with E-state index in [4.69, 9.17) is 9.47 Å². The Kier molecular flexibility index (Phi) is 10.5. The molecule has 6 N–H and O–H groups in total. The second-order valence-corrected chi connectivity index (χ2v) is 9.52. The highest BCUT2D eigenvalue weighted by Crippen LogP contribution is 2.28. The number of anilines is 1. The zero-order valence-electron chi connectivity index (χ0n) is 21.1. The quantitative estimate of drug-likeness (QED) is 0.206. The van der Waals surface area contributed by atoms with Crippen LogP contribution in [0.5, 0.6) is 0 Å². The van der Waals surface area contributed by atoms with Crippen LogP contribution in [-0.4, -0.2) is 85.9 Å². The Hall–Kier alpha value is -3.14. The van der Waals surface area contributed by atoms with Crippen molar-refractivity contribution in [1.82, 2.24) is 20.2 Å². The molecule has 14 nitrogen and oxygen atoms in total. The zero-order valence-corrected chi connectivity index (χ0v) is 21.1. The predicted molar refractivity (Wildman–Crippen MR) is 126 cm³/mol. The van der Waals surface area contributed by atoms with Gasteiger partial charge in [0.25, 0.3) is 0 Å². The molecule has 2 heterocycles. The van der Waals surface area contributed by atoms with Crippen LogP contribution in [0.2, 0.25) is 0 Å². The number of amides is 3. The predicted octanol–water partition coefficient (Wildman–Crippen LogP) is -0.868. The van der Waals surface area contributed by atoms with Crippen molar-refractivity contribution < 1.29 is 43.6 Å². The summed E-state index contributed by atoms with van der Waals surface area (Å²) in [7, 11) is 0. The first-order chi connectivity index (χ1) is 17.2. The number of alkyl carbamates (subject to hydrolysis) is 1. The Morgan fingerprint density at radius 3 is 2.49 bits per heavy atom. The van der Waals surface area contributed by atoms with E-state index in [9.17, 15) is 38.9 Å². The van der Waals surface area contributed by atoms with Gasteiger partial charge in [-0.1, -0.05) is 0 Å². The van der Waals surface area contributed by atoms with E-state index in [0.29, 0.717) is 30.2 Å². The number of aliphatic hydroxyl groups is 3. The first kappa shape index (κ1) is 30.1. The molecule has 5 atom stereocenters. The average Bonchev–Trinajstić information content (AvgIpc) is 3.07. The Balaban J connectivity index is 2.16. The van der Waals surface area contributed by atoms with Crippen LogP contribution in [0.15, 0.2) is 11.0 Å². The molecule has 1 fully saturated rings. The van der Waals surface area contributed by atoms with Gasteiger partial charge in [0.1, 0.15) is 30.0 Å². The number of aromatic nitrogens is 2. The molecule has 5 unspecified atom stereocenters. The SMILES string of the molecule is CC(=O)NCCCCC(NC(=O)OC(C)(C)C)C(=O)Nc1nc(=O)n(C2OC(CO)C(O)C2O)cc1F. The molecule has 1 saturated heterocycles. The van der Waals surface area contributed by atoms with Crippen LogP contribution in [0.25, 0.3) is 0 Å². The van der Waals surface area contributed by atoms with Crippen LogP contribution in [0.3, 0.4) is 0 Å². The third-order valence-electron chi connectivity index (χ3n) is 5.24. The van der Waals surface area contributed by atoms with Crippen molar-refractivity contribution in [3.63, 3.8) is 0 Å². The fourth-order valence-corrected chi connectivity index (χ4v) is 3.49. The van der Waals surface area contributed by atoms with Gasteiger partial charge in [-0.15, -0.1) is 0 Å². The number of halogens is 1. The third kappa shape index (κ3) is 8.73. The molecular weight excluding hydrogens is 497 g/mol. The molecule has 3 amide bonds. The molecule has 1 aromatic heterocycles. The number of nitrogens with one attached hydrogen (secondary N) is 3. The van der Waals surface area contributed by atoms with Gasteiger partial charge in [0.05, 0.1) is 12.8 Å². The molecular formula is C22H34FN5O9. The largest absolute Gasteiger partial charge is 0.444 e. The van der Waals surface area contributed by atoms with Crippen molar-refractivity contribution in [3.05, 3.63) is 22.5 Å². The summed E-state index contributed by atoms with van der Waals surface area (Å²) >= 11 is 0. The number of ether oxygens (including phenoxy) is 2. The van der Waals surface area contributed by atoms with Gasteiger partial charge in [0.15, 0.2) is 17.9 Å². The highest BCUT2D eigenvalue weighted by atomic mass is 19.1. The number of nitrogens with zero attached hydrogens (tertiary/aromatic N) is 2. The normalized spacial score (nSPS) is 22.3. The van der Waals surface area contributed by atoms with E-state index in [-0.39, 0.29) is 12.3 Å². The Labute approximate surface area is 212 Å². The maximum absolute atomic E-state index is 14.8. The zero-order chi connectivity index (χ0) is 27.9. The number of unbranched alkanes of at least 4 members (excludes halogenated alkanes) is 1. The first-order valence-electron chi connectivity index (χ1n) is 11.7. The van der Waals surface area contributed by atoms with E-state index < -0.39 is 72.1 Å². The lowest BCUT2D eigenvalue weighted by atomic mass is 10.1. The fourth-order valence-electron chi connectivity index (χ4n) is 3.49. The van der Waals surface area contributed by atoms with Gasteiger partial charge < -0.3 is 40.7 Å². The fraction of sp³-hybridized carbons (Fsp3) is 0.682. The second-order valence-electron chi connectivity index (χ2n) is 9.52. The molecule has 1 aliphatic rings. The summed E-state index contributed by atoms with van der Waals surface area (Å²) in [6.07, 6.45) is -5.13. The molecule has 37 heavy (non-hydrogen) atoms. The molecule has 15 heteroatoms. The highest BCUT2D eigenvalue weighted by Gasteiger charge is 2.44. The molecule has 0 aliphatic carbocycles. The van der Waals surface area contributed by atoms with Crippen LogP contribution in [0.1, 0.15) is 53.2 Å². The van der Waals surface area contributed by atoms with Crippen molar-refractivity contribution in [2.45, 2.75) is 83.1 Å². The monoisotopic (exact) mass is 531 g/mol. The summed E-state index contributed by atoms with van der Waals surface area (Å²) < 4.78 is 25.8. The number of carbonyl (C=O) groups excluding carboxylic acids is 3.